The molecule has 0 bridgehead atoms. The molecule has 0 saturated carbocycles. The number of rotatable bonds is 5. The van der Waals surface area contributed by atoms with E-state index in [1.54, 1.807) is 36.4 Å². The number of benzene rings is 2. The number of carbonyl (C=O) groups is 1. The smallest absolute Gasteiger partial charge is 0.330 e. The summed E-state index contributed by atoms with van der Waals surface area (Å²) in [5.74, 6) is -0.425. The largest absolute Gasteiger partial charge is 0.495 e. The summed E-state index contributed by atoms with van der Waals surface area (Å²) in [5.41, 5.74) is 1.16. The molecule has 0 radical (unpaired) electrons. The van der Waals surface area contributed by atoms with Crippen molar-refractivity contribution >= 4 is 39.2 Å². The number of anilines is 1. The summed E-state index contributed by atoms with van der Waals surface area (Å²) < 4.78 is 5.93. The van der Waals surface area contributed by atoms with Crippen LogP contribution in [0.25, 0.3) is 0 Å². The Kier molecular flexibility index (Phi) is 5.09. The number of methoxy groups -OCH3 is 1. The molecule has 0 aliphatic carbocycles. The average molecular weight is 371 g/mol. The lowest BCUT2D eigenvalue weighted by molar-refractivity contribution is -0.138. The first kappa shape index (κ1) is 15.7. The van der Waals surface area contributed by atoms with E-state index < -0.39 is 12.0 Å². The molecule has 0 heterocycles. The molecular formula is C15H13BrClNO3. The molecule has 110 valence electrons. The molecule has 0 spiro atoms. The van der Waals surface area contributed by atoms with Gasteiger partial charge in [0, 0.05) is 4.47 Å². The number of aliphatic carboxylic acids is 1. The van der Waals surface area contributed by atoms with Gasteiger partial charge in [0.15, 0.2) is 6.04 Å². The van der Waals surface area contributed by atoms with Crippen LogP contribution in [0.2, 0.25) is 5.02 Å². The van der Waals surface area contributed by atoms with Crippen molar-refractivity contribution in [2.45, 2.75) is 6.04 Å². The monoisotopic (exact) mass is 369 g/mol. The third-order valence-corrected chi connectivity index (χ3v) is 4.16. The molecule has 0 saturated heterocycles. The zero-order valence-corrected chi connectivity index (χ0v) is 13.5. The van der Waals surface area contributed by atoms with Crippen molar-refractivity contribution in [3.05, 3.63) is 57.5 Å². The topological polar surface area (TPSA) is 58.6 Å². The second-order valence-electron chi connectivity index (χ2n) is 4.29. The SMILES string of the molecule is COc1ccccc1NC(C(=O)O)c1ccc(Br)c(Cl)c1. The molecule has 1 atom stereocenters. The van der Waals surface area contributed by atoms with E-state index in [-0.39, 0.29) is 0 Å². The van der Waals surface area contributed by atoms with Crippen molar-refractivity contribution < 1.29 is 14.6 Å². The summed E-state index contributed by atoms with van der Waals surface area (Å²) >= 11 is 9.32. The first-order valence-corrected chi connectivity index (χ1v) is 7.27. The maximum Gasteiger partial charge on any atom is 0.330 e. The van der Waals surface area contributed by atoms with Gasteiger partial charge < -0.3 is 15.2 Å². The van der Waals surface area contributed by atoms with Crippen LogP contribution < -0.4 is 10.1 Å². The highest BCUT2D eigenvalue weighted by Crippen LogP contribution is 2.31. The second kappa shape index (κ2) is 6.83. The summed E-state index contributed by atoms with van der Waals surface area (Å²) in [6.07, 6.45) is 0. The first-order valence-electron chi connectivity index (χ1n) is 6.10. The van der Waals surface area contributed by atoms with Gasteiger partial charge in [-0.15, -0.1) is 0 Å². The van der Waals surface area contributed by atoms with Crippen molar-refractivity contribution in [3.8, 4) is 5.75 Å². The fourth-order valence-electron chi connectivity index (χ4n) is 1.90. The molecule has 0 aliphatic heterocycles. The Morgan fingerprint density at radius 3 is 2.67 bits per heavy atom. The number of hydrogen-bond acceptors (Lipinski definition) is 3. The minimum atomic E-state index is -1.00. The van der Waals surface area contributed by atoms with Gasteiger partial charge in [-0.05, 0) is 45.8 Å². The van der Waals surface area contributed by atoms with Crippen molar-refractivity contribution in [1.29, 1.82) is 0 Å². The minimum absolute atomic E-state index is 0.459. The molecule has 0 aliphatic rings. The van der Waals surface area contributed by atoms with Crippen LogP contribution >= 0.6 is 27.5 Å². The third kappa shape index (κ3) is 3.68. The van der Waals surface area contributed by atoms with Gasteiger partial charge in [-0.25, -0.2) is 4.79 Å². The van der Waals surface area contributed by atoms with E-state index in [4.69, 9.17) is 16.3 Å². The van der Waals surface area contributed by atoms with E-state index in [1.165, 1.54) is 7.11 Å². The molecule has 2 rings (SSSR count). The van der Waals surface area contributed by atoms with Crippen LogP contribution in [-0.4, -0.2) is 18.2 Å². The predicted octanol–water partition coefficient (Wildman–Crippen LogP) is 4.35. The Morgan fingerprint density at radius 1 is 1.33 bits per heavy atom. The van der Waals surface area contributed by atoms with Crippen molar-refractivity contribution in [1.82, 2.24) is 0 Å². The molecule has 6 heteroatoms. The van der Waals surface area contributed by atoms with Gasteiger partial charge in [0.25, 0.3) is 0 Å². The highest BCUT2D eigenvalue weighted by atomic mass is 79.9. The average Bonchev–Trinajstić information content (AvgIpc) is 2.48. The highest BCUT2D eigenvalue weighted by Gasteiger charge is 2.21. The molecule has 2 aromatic rings. The minimum Gasteiger partial charge on any atom is -0.495 e. The van der Waals surface area contributed by atoms with Gasteiger partial charge in [-0.3, -0.25) is 0 Å². The Bertz CT molecular complexity index is 663. The molecule has 4 nitrogen and oxygen atoms in total. The molecule has 0 amide bonds. The van der Waals surface area contributed by atoms with E-state index in [1.807, 2.05) is 6.07 Å². The molecule has 2 aromatic carbocycles. The zero-order valence-electron chi connectivity index (χ0n) is 11.1. The van der Waals surface area contributed by atoms with Gasteiger partial charge in [0.2, 0.25) is 0 Å². The number of nitrogens with one attached hydrogen (secondary N) is 1. The van der Waals surface area contributed by atoms with E-state index in [0.29, 0.717) is 26.5 Å². The van der Waals surface area contributed by atoms with Crippen LogP contribution in [0.5, 0.6) is 5.75 Å². The van der Waals surface area contributed by atoms with Crippen LogP contribution in [0.3, 0.4) is 0 Å². The van der Waals surface area contributed by atoms with Crippen LogP contribution in [0.4, 0.5) is 5.69 Å². The molecular weight excluding hydrogens is 358 g/mol. The highest BCUT2D eigenvalue weighted by molar-refractivity contribution is 9.10. The van der Waals surface area contributed by atoms with Crippen LogP contribution in [-0.2, 0) is 4.79 Å². The van der Waals surface area contributed by atoms with Crippen molar-refractivity contribution in [2.75, 3.05) is 12.4 Å². The summed E-state index contributed by atoms with van der Waals surface area (Å²) in [6, 6.07) is 11.3. The lowest BCUT2D eigenvalue weighted by Gasteiger charge is -2.18. The maximum atomic E-state index is 11.5. The molecule has 21 heavy (non-hydrogen) atoms. The van der Waals surface area contributed by atoms with Gasteiger partial charge in [-0.2, -0.15) is 0 Å². The summed E-state index contributed by atoms with van der Waals surface area (Å²) in [7, 11) is 1.53. The van der Waals surface area contributed by atoms with Gasteiger partial charge in [-0.1, -0.05) is 29.8 Å². The molecule has 0 fully saturated rings. The zero-order chi connectivity index (χ0) is 15.4. The van der Waals surface area contributed by atoms with Gasteiger partial charge in [0.1, 0.15) is 5.75 Å². The van der Waals surface area contributed by atoms with Crippen LogP contribution in [0, 0.1) is 0 Å². The molecule has 2 N–H and O–H groups in total. The maximum absolute atomic E-state index is 11.5. The number of para-hydroxylation sites is 2. The Hall–Kier alpha value is -1.72. The Labute approximate surface area is 135 Å². The Morgan fingerprint density at radius 2 is 2.05 bits per heavy atom. The normalized spacial score (nSPS) is 11.8. The van der Waals surface area contributed by atoms with E-state index in [9.17, 15) is 9.90 Å². The van der Waals surface area contributed by atoms with Crippen molar-refractivity contribution in [3.63, 3.8) is 0 Å². The summed E-state index contributed by atoms with van der Waals surface area (Å²) in [6.45, 7) is 0. The standard InChI is InChI=1S/C15H13BrClNO3/c1-21-13-5-3-2-4-12(13)18-14(15(19)20)9-6-7-10(16)11(17)8-9/h2-8,14,18H,1H3,(H,19,20). The van der Waals surface area contributed by atoms with Crippen LogP contribution in [0.15, 0.2) is 46.9 Å². The number of halogens is 2. The molecule has 1 unspecified atom stereocenters. The van der Waals surface area contributed by atoms with E-state index >= 15 is 0 Å². The lowest BCUT2D eigenvalue weighted by atomic mass is 10.1. The number of hydrogen-bond donors (Lipinski definition) is 2. The summed E-state index contributed by atoms with van der Waals surface area (Å²) in [5, 5.41) is 12.9. The van der Waals surface area contributed by atoms with Crippen LogP contribution in [0.1, 0.15) is 11.6 Å². The van der Waals surface area contributed by atoms with Gasteiger partial charge >= 0.3 is 5.97 Å². The fraction of sp³-hybridized carbons (Fsp3) is 0.133. The summed E-state index contributed by atoms with van der Waals surface area (Å²) in [4.78, 5) is 11.5. The number of carboxylic acid groups (broad SMARTS) is 1. The lowest BCUT2D eigenvalue weighted by Crippen LogP contribution is -2.20. The first-order chi connectivity index (χ1) is 10.0. The third-order valence-electron chi connectivity index (χ3n) is 2.93. The second-order valence-corrected chi connectivity index (χ2v) is 5.55. The quantitative estimate of drug-likeness (QED) is 0.821. The number of ether oxygens (including phenoxy) is 1. The van der Waals surface area contributed by atoms with Crippen molar-refractivity contribution in [2.24, 2.45) is 0 Å². The molecule has 0 aromatic heterocycles. The number of carboxylic acids is 1. The Balaban J connectivity index is 2.35. The van der Waals surface area contributed by atoms with E-state index in [2.05, 4.69) is 21.2 Å². The van der Waals surface area contributed by atoms with Gasteiger partial charge in [0.05, 0.1) is 17.8 Å². The van der Waals surface area contributed by atoms with E-state index in [0.717, 1.165) is 0 Å². The predicted molar refractivity (Wildman–Crippen MR) is 86.1 cm³/mol. The fourth-order valence-corrected chi connectivity index (χ4v) is 2.33.